The zero-order valence-corrected chi connectivity index (χ0v) is 13.3. The smallest absolute Gasteiger partial charge is 0.187 e. The first-order chi connectivity index (χ1) is 11.1. The van der Waals surface area contributed by atoms with Gasteiger partial charge < -0.3 is 16.8 Å². The highest BCUT2D eigenvalue weighted by molar-refractivity contribution is 7.14. The molecule has 6 heteroatoms. The minimum atomic E-state index is 0.543. The Labute approximate surface area is 138 Å². The fourth-order valence-corrected chi connectivity index (χ4v) is 2.91. The monoisotopic (exact) mass is 321 g/mol. The van der Waals surface area contributed by atoms with E-state index in [0.717, 1.165) is 27.6 Å². The van der Waals surface area contributed by atoms with Gasteiger partial charge in [-0.1, -0.05) is 12.1 Å². The van der Waals surface area contributed by atoms with Crippen LogP contribution in [0.2, 0.25) is 0 Å². The molecule has 0 aliphatic carbocycles. The van der Waals surface area contributed by atoms with Crippen LogP contribution in [0.15, 0.2) is 41.8 Å². The van der Waals surface area contributed by atoms with Gasteiger partial charge in [0.15, 0.2) is 5.13 Å². The number of hydrogen-bond acceptors (Lipinski definition) is 6. The van der Waals surface area contributed by atoms with Crippen molar-refractivity contribution in [2.24, 2.45) is 0 Å². The van der Waals surface area contributed by atoms with Crippen molar-refractivity contribution in [1.82, 2.24) is 4.98 Å². The van der Waals surface area contributed by atoms with Crippen LogP contribution in [0.5, 0.6) is 0 Å². The molecule has 2 aromatic carbocycles. The third kappa shape index (κ3) is 3.10. The molecule has 114 valence electrons. The van der Waals surface area contributed by atoms with Gasteiger partial charge in [0.1, 0.15) is 0 Å². The first-order valence-corrected chi connectivity index (χ1v) is 7.83. The van der Waals surface area contributed by atoms with Crippen molar-refractivity contribution in [3.63, 3.8) is 0 Å². The summed E-state index contributed by atoms with van der Waals surface area (Å²) in [5.41, 5.74) is 17.1. The van der Waals surface area contributed by atoms with Crippen molar-refractivity contribution in [3.8, 4) is 17.3 Å². The van der Waals surface area contributed by atoms with Crippen molar-refractivity contribution in [3.05, 3.63) is 52.9 Å². The highest BCUT2D eigenvalue weighted by Crippen LogP contribution is 2.31. The van der Waals surface area contributed by atoms with E-state index in [1.165, 1.54) is 11.3 Å². The standard InChI is InChI=1S/C17H15N5S/c1-10-6-13(19)14(20)7-15(10)21-17-22-16(9-23-17)12-4-2-11(8-18)3-5-12/h2-7,9H,19-20H2,1H3,(H,21,22). The molecule has 0 aliphatic rings. The van der Waals surface area contributed by atoms with E-state index in [-0.39, 0.29) is 0 Å². The van der Waals surface area contributed by atoms with Gasteiger partial charge in [0, 0.05) is 16.6 Å². The molecule has 0 unspecified atom stereocenters. The highest BCUT2D eigenvalue weighted by atomic mass is 32.1. The average Bonchev–Trinajstić information content (AvgIpc) is 3.01. The number of anilines is 4. The van der Waals surface area contributed by atoms with Crippen molar-refractivity contribution < 1.29 is 0 Å². The molecule has 1 heterocycles. The molecule has 3 aromatic rings. The summed E-state index contributed by atoms with van der Waals surface area (Å²) in [6.45, 7) is 1.97. The van der Waals surface area contributed by atoms with Crippen LogP contribution in [-0.4, -0.2) is 4.98 Å². The topological polar surface area (TPSA) is 101 Å². The minimum absolute atomic E-state index is 0.543. The quantitative estimate of drug-likeness (QED) is 0.635. The average molecular weight is 321 g/mol. The molecule has 5 nitrogen and oxygen atoms in total. The highest BCUT2D eigenvalue weighted by Gasteiger charge is 2.08. The third-order valence-electron chi connectivity index (χ3n) is 3.49. The molecule has 3 rings (SSSR count). The van der Waals surface area contributed by atoms with Crippen LogP contribution >= 0.6 is 11.3 Å². The molecule has 0 saturated heterocycles. The first kappa shape index (κ1) is 14.9. The van der Waals surface area contributed by atoms with Gasteiger partial charge in [0.25, 0.3) is 0 Å². The van der Waals surface area contributed by atoms with E-state index in [2.05, 4.69) is 16.4 Å². The van der Waals surface area contributed by atoms with E-state index in [1.807, 2.05) is 36.6 Å². The lowest BCUT2D eigenvalue weighted by Gasteiger charge is -2.09. The fourth-order valence-electron chi connectivity index (χ4n) is 2.18. The van der Waals surface area contributed by atoms with Crippen molar-refractivity contribution in [1.29, 1.82) is 5.26 Å². The number of rotatable bonds is 3. The van der Waals surface area contributed by atoms with E-state index >= 15 is 0 Å². The number of thiazole rings is 1. The maximum atomic E-state index is 8.84. The van der Waals surface area contributed by atoms with E-state index in [9.17, 15) is 0 Å². The largest absolute Gasteiger partial charge is 0.397 e. The molecule has 0 spiro atoms. The molecular formula is C17H15N5S. The predicted octanol–water partition coefficient (Wildman–Crippen LogP) is 3.90. The van der Waals surface area contributed by atoms with Crippen LogP contribution in [0.3, 0.4) is 0 Å². The van der Waals surface area contributed by atoms with Crippen LogP contribution in [0.1, 0.15) is 11.1 Å². The molecular weight excluding hydrogens is 306 g/mol. The molecule has 0 fully saturated rings. The number of nitrogens with two attached hydrogens (primary N) is 2. The second-order valence-electron chi connectivity index (χ2n) is 5.15. The van der Waals surface area contributed by atoms with Crippen LogP contribution in [0.25, 0.3) is 11.3 Å². The third-order valence-corrected chi connectivity index (χ3v) is 4.24. The molecule has 0 radical (unpaired) electrons. The van der Waals surface area contributed by atoms with E-state index < -0.39 is 0 Å². The zero-order chi connectivity index (χ0) is 16.4. The minimum Gasteiger partial charge on any atom is -0.397 e. The lowest BCUT2D eigenvalue weighted by atomic mass is 10.1. The van der Waals surface area contributed by atoms with E-state index in [0.29, 0.717) is 16.9 Å². The van der Waals surface area contributed by atoms with Crippen LogP contribution in [0.4, 0.5) is 22.2 Å². The SMILES string of the molecule is Cc1cc(N)c(N)cc1Nc1nc(-c2ccc(C#N)cc2)cs1. The zero-order valence-electron chi connectivity index (χ0n) is 12.5. The van der Waals surface area contributed by atoms with Crippen LogP contribution in [0, 0.1) is 18.3 Å². The number of hydrogen-bond donors (Lipinski definition) is 3. The number of nitrogen functional groups attached to an aromatic ring is 2. The lowest BCUT2D eigenvalue weighted by molar-refractivity contribution is 1.36. The number of nitrogens with one attached hydrogen (secondary N) is 1. The summed E-state index contributed by atoms with van der Waals surface area (Å²) >= 11 is 1.51. The summed E-state index contributed by atoms with van der Waals surface area (Å²) in [5.74, 6) is 0. The number of benzene rings is 2. The second kappa shape index (κ2) is 5.99. The maximum absolute atomic E-state index is 8.84. The van der Waals surface area contributed by atoms with Gasteiger partial charge in [-0.25, -0.2) is 4.98 Å². The maximum Gasteiger partial charge on any atom is 0.187 e. The Hall–Kier alpha value is -3.04. The lowest BCUT2D eigenvalue weighted by Crippen LogP contribution is -1.99. The summed E-state index contributed by atoms with van der Waals surface area (Å²) in [5, 5.41) is 14.9. The van der Waals surface area contributed by atoms with Crippen LogP contribution in [-0.2, 0) is 0 Å². The number of nitriles is 1. The van der Waals surface area contributed by atoms with Gasteiger partial charge in [-0.3, -0.25) is 0 Å². The van der Waals surface area contributed by atoms with Gasteiger partial charge in [0.05, 0.1) is 28.7 Å². The predicted molar refractivity (Wildman–Crippen MR) is 95.6 cm³/mol. The van der Waals surface area contributed by atoms with Gasteiger partial charge in [-0.15, -0.1) is 11.3 Å². The van der Waals surface area contributed by atoms with Gasteiger partial charge in [-0.05, 0) is 36.8 Å². The second-order valence-corrected chi connectivity index (χ2v) is 6.01. The summed E-state index contributed by atoms with van der Waals surface area (Å²) in [7, 11) is 0. The van der Waals surface area contributed by atoms with Gasteiger partial charge in [0.2, 0.25) is 0 Å². The normalized spacial score (nSPS) is 10.3. The summed E-state index contributed by atoms with van der Waals surface area (Å²) in [6.07, 6.45) is 0. The Kier molecular flexibility index (Phi) is 3.87. The fraction of sp³-hybridized carbons (Fsp3) is 0.0588. The van der Waals surface area contributed by atoms with Gasteiger partial charge in [-0.2, -0.15) is 5.26 Å². The van der Waals surface area contributed by atoms with E-state index in [1.54, 1.807) is 12.1 Å². The van der Waals surface area contributed by atoms with Crippen molar-refractivity contribution in [2.75, 3.05) is 16.8 Å². The summed E-state index contributed by atoms with van der Waals surface area (Å²) in [6, 6.07) is 13.1. The van der Waals surface area contributed by atoms with Crippen molar-refractivity contribution >= 4 is 33.5 Å². The number of aryl methyl sites for hydroxylation is 1. The molecule has 23 heavy (non-hydrogen) atoms. The Balaban J connectivity index is 1.85. The van der Waals surface area contributed by atoms with Gasteiger partial charge >= 0.3 is 0 Å². The molecule has 1 aromatic heterocycles. The first-order valence-electron chi connectivity index (χ1n) is 6.95. The molecule has 0 amide bonds. The molecule has 0 aliphatic heterocycles. The molecule has 5 N–H and O–H groups in total. The molecule has 0 saturated carbocycles. The van der Waals surface area contributed by atoms with E-state index in [4.69, 9.17) is 16.7 Å². The van der Waals surface area contributed by atoms with Crippen molar-refractivity contribution in [2.45, 2.75) is 6.92 Å². The molecule has 0 bridgehead atoms. The number of nitrogens with zero attached hydrogens (tertiary/aromatic N) is 2. The summed E-state index contributed by atoms with van der Waals surface area (Å²) in [4.78, 5) is 4.58. The Morgan fingerprint density at radius 1 is 1.13 bits per heavy atom. The Morgan fingerprint density at radius 3 is 2.52 bits per heavy atom. The van der Waals surface area contributed by atoms with Crippen LogP contribution < -0.4 is 16.8 Å². The summed E-state index contributed by atoms with van der Waals surface area (Å²) < 4.78 is 0. The number of aromatic nitrogens is 1. The molecule has 0 atom stereocenters. The Morgan fingerprint density at radius 2 is 1.83 bits per heavy atom. The Bertz CT molecular complexity index is 890.